The van der Waals surface area contributed by atoms with Crippen LogP contribution in [0.1, 0.15) is 25.7 Å². The molecule has 0 aliphatic carbocycles. The lowest BCUT2D eigenvalue weighted by atomic mass is 10.1. The molecule has 0 radical (unpaired) electrons. The number of aromatic nitrogens is 2. The van der Waals surface area contributed by atoms with Gasteiger partial charge >= 0.3 is 0 Å². The summed E-state index contributed by atoms with van der Waals surface area (Å²) < 4.78 is 26.6. The molecule has 0 spiro atoms. The maximum absolute atomic E-state index is 12.2. The summed E-state index contributed by atoms with van der Waals surface area (Å²) in [6, 6.07) is 8.71. The first-order valence-corrected chi connectivity index (χ1v) is 10.8. The minimum Gasteiger partial charge on any atom is -0.324 e. The molecule has 2 aromatic rings. The van der Waals surface area contributed by atoms with Crippen molar-refractivity contribution < 1.29 is 8.42 Å². The third kappa shape index (κ3) is 2.98. The average Bonchev–Trinajstić information content (AvgIpc) is 3.07. The highest BCUT2D eigenvalue weighted by Crippen LogP contribution is 2.28. The summed E-state index contributed by atoms with van der Waals surface area (Å²) in [5, 5.41) is 0. The lowest BCUT2D eigenvalue weighted by Gasteiger charge is -2.42. The van der Waals surface area contributed by atoms with Gasteiger partial charge in [-0.05, 0) is 33.0 Å². The zero-order chi connectivity index (χ0) is 17.8. The van der Waals surface area contributed by atoms with Gasteiger partial charge in [0, 0.05) is 31.2 Å². The van der Waals surface area contributed by atoms with Crippen LogP contribution < -0.4 is 0 Å². The van der Waals surface area contributed by atoms with E-state index in [-0.39, 0.29) is 23.6 Å². The number of fused-ring (bicyclic) bond motifs is 2. The first kappa shape index (κ1) is 17.0. The smallest absolute Gasteiger partial charge is 0.153 e. The highest BCUT2D eigenvalue weighted by atomic mass is 32.2. The lowest BCUT2D eigenvalue weighted by molar-refractivity contribution is 0.0546. The maximum atomic E-state index is 12.2. The Kier molecular flexibility index (Phi) is 4.13. The Morgan fingerprint density at radius 3 is 2.64 bits per heavy atom. The molecular formula is C18H26N4O2S. The fraction of sp³-hybridized carbons (Fsp3) is 0.611. The average molecular weight is 362 g/mol. The van der Waals surface area contributed by atoms with Crippen LogP contribution in [0.3, 0.4) is 0 Å². The van der Waals surface area contributed by atoms with E-state index < -0.39 is 9.84 Å². The molecule has 2 atom stereocenters. The molecule has 25 heavy (non-hydrogen) atoms. The zero-order valence-corrected chi connectivity index (χ0v) is 15.9. The van der Waals surface area contributed by atoms with Crippen LogP contribution in [0.25, 0.3) is 11.0 Å². The zero-order valence-electron chi connectivity index (χ0n) is 15.1. The molecule has 1 aromatic carbocycles. The van der Waals surface area contributed by atoms with Crippen LogP contribution in [0, 0.1) is 0 Å². The van der Waals surface area contributed by atoms with Gasteiger partial charge in [0.2, 0.25) is 0 Å². The van der Waals surface area contributed by atoms with Gasteiger partial charge in [0.05, 0.1) is 29.1 Å². The molecule has 3 heterocycles. The van der Waals surface area contributed by atoms with Gasteiger partial charge in [0.25, 0.3) is 0 Å². The standard InChI is InChI=1S/C18H26N4O2S/c1-13(2)22-15-7-5-4-6-14(15)19-18(22)10-21-9-8-20(3)16-11-25(23,24)12-17(16)21/h4-7,13,16-17H,8-12H2,1-3H3/t16-,17+/m0/s1. The molecule has 0 amide bonds. The number of hydrogen-bond acceptors (Lipinski definition) is 5. The first-order chi connectivity index (χ1) is 11.9. The van der Waals surface area contributed by atoms with E-state index in [9.17, 15) is 8.42 Å². The monoisotopic (exact) mass is 362 g/mol. The van der Waals surface area contributed by atoms with Crippen molar-refractivity contribution in [2.75, 3.05) is 31.6 Å². The molecule has 2 fully saturated rings. The van der Waals surface area contributed by atoms with Crippen molar-refractivity contribution in [1.29, 1.82) is 0 Å². The van der Waals surface area contributed by atoms with Crippen molar-refractivity contribution in [3.05, 3.63) is 30.1 Å². The summed E-state index contributed by atoms with van der Waals surface area (Å²) >= 11 is 0. The van der Waals surface area contributed by atoms with Gasteiger partial charge in [0.15, 0.2) is 9.84 Å². The van der Waals surface area contributed by atoms with Gasteiger partial charge in [-0.3, -0.25) is 9.80 Å². The predicted molar refractivity (Wildman–Crippen MR) is 99.4 cm³/mol. The predicted octanol–water partition coefficient (Wildman–Crippen LogP) is 1.53. The van der Waals surface area contributed by atoms with Gasteiger partial charge in [-0.2, -0.15) is 0 Å². The second-order valence-electron chi connectivity index (χ2n) is 7.64. The van der Waals surface area contributed by atoms with Crippen molar-refractivity contribution in [3.8, 4) is 0 Å². The van der Waals surface area contributed by atoms with Gasteiger partial charge in [-0.1, -0.05) is 12.1 Å². The van der Waals surface area contributed by atoms with E-state index in [0.717, 1.165) is 29.9 Å². The molecule has 4 rings (SSSR count). The Morgan fingerprint density at radius 2 is 1.88 bits per heavy atom. The van der Waals surface area contributed by atoms with Crippen LogP contribution in [-0.4, -0.2) is 71.5 Å². The van der Waals surface area contributed by atoms with Crippen molar-refractivity contribution >= 4 is 20.9 Å². The Labute approximate surface area is 149 Å². The van der Waals surface area contributed by atoms with Crippen LogP contribution in [0.2, 0.25) is 0 Å². The highest BCUT2D eigenvalue weighted by molar-refractivity contribution is 7.91. The van der Waals surface area contributed by atoms with E-state index in [0.29, 0.717) is 12.6 Å². The molecule has 2 aliphatic heterocycles. The summed E-state index contributed by atoms with van der Waals surface area (Å²) in [4.78, 5) is 9.39. The van der Waals surface area contributed by atoms with Crippen LogP contribution in [0.5, 0.6) is 0 Å². The van der Waals surface area contributed by atoms with Crippen LogP contribution in [-0.2, 0) is 16.4 Å². The highest BCUT2D eigenvalue weighted by Gasteiger charge is 2.45. The van der Waals surface area contributed by atoms with E-state index in [1.165, 1.54) is 0 Å². The minimum atomic E-state index is -2.95. The second kappa shape index (κ2) is 6.07. The Bertz CT molecular complexity index is 890. The minimum absolute atomic E-state index is 0.0733. The van der Waals surface area contributed by atoms with E-state index >= 15 is 0 Å². The molecule has 136 valence electrons. The molecule has 2 saturated heterocycles. The normalized spacial score (nSPS) is 27.2. The molecule has 0 N–H and O–H groups in total. The van der Waals surface area contributed by atoms with Gasteiger partial charge in [-0.25, -0.2) is 13.4 Å². The van der Waals surface area contributed by atoms with E-state index in [4.69, 9.17) is 4.98 Å². The van der Waals surface area contributed by atoms with Crippen molar-refractivity contribution in [2.24, 2.45) is 0 Å². The van der Waals surface area contributed by atoms with E-state index in [1.54, 1.807) is 0 Å². The fourth-order valence-corrected chi connectivity index (χ4v) is 6.44. The molecule has 0 saturated carbocycles. The van der Waals surface area contributed by atoms with Crippen LogP contribution in [0.4, 0.5) is 0 Å². The number of nitrogens with zero attached hydrogens (tertiary/aromatic N) is 4. The molecule has 0 unspecified atom stereocenters. The topological polar surface area (TPSA) is 58.4 Å². The van der Waals surface area contributed by atoms with Crippen LogP contribution >= 0.6 is 0 Å². The lowest BCUT2D eigenvalue weighted by Crippen LogP contribution is -2.57. The Morgan fingerprint density at radius 1 is 1.16 bits per heavy atom. The summed E-state index contributed by atoms with van der Waals surface area (Å²) in [7, 11) is -0.908. The number of para-hydroxylation sites is 2. The first-order valence-electron chi connectivity index (χ1n) is 8.96. The summed E-state index contributed by atoms with van der Waals surface area (Å²) in [6.45, 7) is 6.83. The second-order valence-corrected chi connectivity index (χ2v) is 9.80. The fourth-order valence-electron chi connectivity index (χ4n) is 4.36. The third-order valence-electron chi connectivity index (χ3n) is 5.60. The SMILES string of the molecule is CC(C)n1c(CN2CCN(C)[C@H]3CS(=O)(=O)C[C@H]32)nc2ccccc21. The number of benzene rings is 1. The van der Waals surface area contributed by atoms with Crippen molar-refractivity contribution in [2.45, 2.75) is 38.5 Å². The molecule has 6 nitrogen and oxygen atoms in total. The van der Waals surface area contributed by atoms with Gasteiger partial charge in [-0.15, -0.1) is 0 Å². The van der Waals surface area contributed by atoms with Crippen molar-refractivity contribution in [3.63, 3.8) is 0 Å². The third-order valence-corrected chi connectivity index (χ3v) is 7.30. The summed E-state index contributed by atoms with van der Waals surface area (Å²) in [6.07, 6.45) is 0. The summed E-state index contributed by atoms with van der Waals surface area (Å²) in [5.41, 5.74) is 2.16. The number of likely N-dealkylation sites (N-methyl/N-ethyl adjacent to an activating group) is 1. The molecule has 0 bridgehead atoms. The Balaban J connectivity index is 1.68. The molecule has 2 aliphatic rings. The molecule has 1 aromatic heterocycles. The van der Waals surface area contributed by atoms with Gasteiger partial charge in [0.1, 0.15) is 5.82 Å². The number of piperazine rings is 1. The Hall–Kier alpha value is -1.44. The van der Waals surface area contributed by atoms with E-state index in [1.807, 2.05) is 25.2 Å². The molecular weight excluding hydrogens is 336 g/mol. The quantitative estimate of drug-likeness (QED) is 0.829. The number of rotatable bonds is 3. The van der Waals surface area contributed by atoms with E-state index in [2.05, 4.69) is 34.3 Å². The number of imidazole rings is 1. The number of sulfone groups is 1. The number of hydrogen-bond donors (Lipinski definition) is 0. The maximum Gasteiger partial charge on any atom is 0.153 e. The van der Waals surface area contributed by atoms with Crippen LogP contribution in [0.15, 0.2) is 24.3 Å². The van der Waals surface area contributed by atoms with Crippen molar-refractivity contribution in [1.82, 2.24) is 19.4 Å². The van der Waals surface area contributed by atoms with Gasteiger partial charge < -0.3 is 4.57 Å². The summed E-state index contributed by atoms with van der Waals surface area (Å²) in [5.74, 6) is 1.58. The molecule has 7 heteroatoms. The largest absolute Gasteiger partial charge is 0.324 e.